The van der Waals surface area contributed by atoms with E-state index in [1.165, 1.54) is 17.3 Å². The highest BCUT2D eigenvalue weighted by molar-refractivity contribution is 6.16. The molecule has 1 aromatic rings. The number of nitrogens with zero attached hydrogens (tertiary/aromatic N) is 4. The second-order valence-corrected chi connectivity index (χ2v) is 3.82. The van der Waals surface area contributed by atoms with Crippen LogP contribution in [0.1, 0.15) is 25.7 Å². The molecule has 1 aliphatic rings. The summed E-state index contributed by atoms with van der Waals surface area (Å²) < 4.78 is 1.69. The van der Waals surface area contributed by atoms with Crippen LogP contribution in [0.5, 0.6) is 0 Å². The third-order valence-corrected chi connectivity index (χ3v) is 2.64. The normalized spacial score (nSPS) is 17.9. The molecule has 1 aliphatic heterocycles. The number of hydrogen-bond donors (Lipinski definition) is 0. The van der Waals surface area contributed by atoms with E-state index in [0.717, 1.165) is 0 Å². The topological polar surface area (TPSA) is 68.1 Å². The Morgan fingerprint density at radius 3 is 2.50 bits per heavy atom. The fourth-order valence-electron chi connectivity index (χ4n) is 1.76. The summed E-state index contributed by atoms with van der Waals surface area (Å²) in [6, 6.07) is -0.402. The summed E-state index contributed by atoms with van der Waals surface area (Å²) in [7, 11) is 1.77. The zero-order valence-electron chi connectivity index (χ0n) is 9.34. The molecule has 0 N–H and O–H groups in total. The van der Waals surface area contributed by atoms with Gasteiger partial charge in [0.1, 0.15) is 6.33 Å². The zero-order chi connectivity index (χ0) is 11.9. The van der Waals surface area contributed by atoms with Crippen LogP contribution in [0, 0.1) is 0 Å². The van der Waals surface area contributed by atoms with Crippen LogP contribution in [0.25, 0.3) is 0 Å². The third kappa shape index (κ3) is 1.42. The largest absolute Gasteiger partial charge is 0.319 e. The van der Waals surface area contributed by atoms with E-state index >= 15 is 0 Å². The molecule has 0 aliphatic carbocycles. The van der Waals surface area contributed by atoms with Gasteiger partial charge < -0.3 is 4.57 Å². The molecule has 0 bridgehead atoms. The first kappa shape index (κ1) is 10.5. The Morgan fingerprint density at radius 1 is 1.38 bits per heavy atom. The predicted octanol–water partition coefficient (Wildman–Crippen LogP) is 0.191. The van der Waals surface area contributed by atoms with Gasteiger partial charge in [-0.25, -0.2) is 0 Å². The first-order chi connectivity index (χ1) is 7.52. The molecule has 2 rings (SSSR count). The van der Waals surface area contributed by atoms with Gasteiger partial charge in [0.2, 0.25) is 0 Å². The Balaban J connectivity index is 2.31. The standard InChI is InChI=1S/C10H12N4O2/c1-6-4-8(15)14(10(6)16)7(2)9-12-11-5-13(9)3/h4-5,7H,1-3H3. The van der Waals surface area contributed by atoms with Crippen molar-refractivity contribution in [1.82, 2.24) is 19.7 Å². The minimum absolute atomic E-state index is 0.263. The lowest BCUT2D eigenvalue weighted by molar-refractivity contribution is -0.139. The summed E-state index contributed by atoms with van der Waals surface area (Å²) >= 11 is 0. The van der Waals surface area contributed by atoms with Gasteiger partial charge in [-0.1, -0.05) is 0 Å². The van der Waals surface area contributed by atoms with E-state index in [-0.39, 0.29) is 11.8 Å². The van der Waals surface area contributed by atoms with Crippen molar-refractivity contribution in [3.8, 4) is 0 Å². The van der Waals surface area contributed by atoms with Crippen LogP contribution in [-0.4, -0.2) is 31.5 Å². The van der Waals surface area contributed by atoms with Gasteiger partial charge in [-0.15, -0.1) is 10.2 Å². The van der Waals surface area contributed by atoms with E-state index < -0.39 is 6.04 Å². The maximum absolute atomic E-state index is 11.7. The van der Waals surface area contributed by atoms with Crippen LogP contribution in [0.3, 0.4) is 0 Å². The van der Waals surface area contributed by atoms with Gasteiger partial charge in [0.15, 0.2) is 5.82 Å². The summed E-state index contributed by atoms with van der Waals surface area (Å²) in [5.41, 5.74) is 0.457. The van der Waals surface area contributed by atoms with Crippen LogP contribution >= 0.6 is 0 Å². The Labute approximate surface area is 92.6 Å². The minimum Gasteiger partial charge on any atom is -0.319 e. The van der Waals surface area contributed by atoms with Crippen LogP contribution in [0.15, 0.2) is 18.0 Å². The third-order valence-electron chi connectivity index (χ3n) is 2.64. The van der Waals surface area contributed by atoms with Crippen molar-refractivity contribution in [2.24, 2.45) is 7.05 Å². The second-order valence-electron chi connectivity index (χ2n) is 3.82. The Morgan fingerprint density at radius 2 is 2.06 bits per heavy atom. The smallest absolute Gasteiger partial charge is 0.257 e. The van der Waals surface area contributed by atoms with Crippen LogP contribution < -0.4 is 0 Å². The van der Waals surface area contributed by atoms with Crippen LogP contribution in [-0.2, 0) is 16.6 Å². The number of carbonyl (C=O) groups is 2. The van der Waals surface area contributed by atoms with Gasteiger partial charge in [0, 0.05) is 18.7 Å². The number of rotatable bonds is 2. The Hall–Kier alpha value is -1.98. The maximum Gasteiger partial charge on any atom is 0.257 e. The lowest BCUT2D eigenvalue weighted by atomic mass is 10.2. The molecule has 2 amide bonds. The summed E-state index contributed by atoms with van der Waals surface area (Å²) in [5.74, 6) is 0.0308. The number of carbonyl (C=O) groups excluding carboxylic acids is 2. The number of amides is 2. The van der Waals surface area contributed by atoms with Crippen molar-refractivity contribution >= 4 is 11.8 Å². The average molecular weight is 220 g/mol. The SMILES string of the molecule is CC1=CC(=O)N(C(C)c2nncn2C)C1=O. The van der Waals surface area contributed by atoms with Crippen LogP contribution in [0.4, 0.5) is 0 Å². The van der Waals surface area contributed by atoms with Gasteiger partial charge in [0.25, 0.3) is 11.8 Å². The highest BCUT2D eigenvalue weighted by Crippen LogP contribution is 2.24. The molecular weight excluding hydrogens is 208 g/mol. The van der Waals surface area contributed by atoms with Crippen molar-refractivity contribution < 1.29 is 9.59 Å². The van der Waals surface area contributed by atoms with Crippen molar-refractivity contribution in [3.05, 3.63) is 23.8 Å². The first-order valence-electron chi connectivity index (χ1n) is 4.92. The van der Waals surface area contributed by atoms with E-state index in [0.29, 0.717) is 11.4 Å². The maximum atomic E-state index is 11.7. The Kier molecular flexibility index (Phi) is 2.34. The molecule has 1 aromatic heterocycles. The van der Waals surface area contributed by atoms with E-state index in [2.05, 4.69) is 10.2 Å². The molecule has 6 heteroatoms. The summed E-state index contributed by atoms with van der Waals surface area (Å²) in [4.78, 5) is 24.6. The van der Waals surface area contributed by atoms with Gasteiger partial charge >= 0.3 is 0 Å². The van der Waals surface area contributed by atoms with Crippen LogP contribution in [0.2, 0.25) is 0 Å². The number of aromatic nitrogens is 3. The molecule has 0 aromatic carbocycles. The molecule has 0 fully saturated rings. The second kappa shape index (κ2) is 3.55. The molecule has 1 unspecified atom stereocenters. The van der Waals surface area contributed by atoms with E-state index in [4.69, 9.17) is 0 Å². The number of imide groups is 1. The first-order valence-corrected chi connectivity index (χ1v) is 4.92. The molecule has 1 atom stereocenters. The van der Waals surface area contributed by atoms with E-state index in [1.54, 1.807) is 25.5 Å². The van der Waals surface area contributed by atoms with Crippen molar-refractivity contribution in [3.63, 3.8) is 0 Å². The van der Waals surface area contributed by atoms with Crippen molar-refractivity contribution in [2.75, 3.05) is 0 Å². The summed E-state index contributed by atoms with van der Waals surface area (Å²) in [6.45, 7) is 3.38. The highest BCUT2D eigenvalue weighted by atomic mass is 16.2. The fourth-order valence-corrected chi connectivity index (χ4v) is 1.76. The van der Waals surface area contributed by atoms with Crippen molar-refractivity contribution in [1.29, 1.82) is 0 Å². The number of aryl methyl sites for hydroxylation is 1. The van der Waals surface area contributed by atoms with E-state index in [9.17, 15) is 9.59 Å². The Bertz CT molecular complexity index is 489. The molecule has 84 valence electrons. The van der Waals surface area contributed by atoms with Gasteiger partial charge in [0.05, 0.1) is 6.04 Å². The van der Waals surface area contributed by atoms with Gasteiger partial charge in [-0.2, -0.15) is 0 Å². The summed E-state index contributed by atoms with van der Waals surface area (Å²) in [6.07, 6.45) is 2.88. The molecule has 2 heterocycles. The lowest BCUT2D eigenvalue weighted by Gasteiger charge is -2.21. The molecule has 16 heavy (non-hydrogen) atoms. The minimum atomic E-state index is -0.402. The summed E-state index contributed by atoms with van der Waals surface area (Å²) in [5, 5.41) is 7.63. The molecule has 0 saturated carbocycles. The molecule has 0 saturated heterocycles. The predicted molar refractivity (Wildman–Crippen MR) is 55.0 cm³/mol. The quantitative estimate of drug-likeness (QED) is 0.667. The zero-order valence-corrected chi connectivity index (χ0v) is 9.34. The molecule has 6 nitrogen and oxygen atoms in total. The highest BCUT2D eigenvalue weighted by Gasteiger charge is 2.34. The van der Waals surface area contributed by atoms with Gasteiger partial charge in [-0.05, 0) is 13.8 Å². The molecular formula is C10H12N4O2. The lowest BCUT2D eigenvalue weighted by Crippen LogP contribution is -2.34. The molecule has 0 radical (unpaired) electrons. The van der Waals surface area contributed by atoms with E-state index in [1.807, 2.05) is 0 Å². The number of hydrogen-bond acceptors (Lipinski definition) is 4. The fraction of sp³-hybridized carbons (Fsp3) is 0.400. The monoisotopic (exact) mass is 220 g/mol. The van der Waals surface area contributed by atoms with Gasteiger partial charge in [-0.3, -0.25) is 14.5 Å². The van der Waals surface area contributed by atoms with Crippen molar-refractivity contribution in [2.45, 2.75) is 19.9 Å². The molecule has 0 spiro atoms. The average Bonchev–Trinajstić information content (AvgIpc) is 2.73.